The molecule has 5 heteroatoms. The molecule has 1 aliphatic rings. The number of ether oxygens (including phenoxy) is 1. The summed E-state index contributed by atoms with van der Waals surface area (Å²) < 4.78 is 6.78. The maximum absolute atomic E-state index is 5.75. The van der Waals surface area contributed by atoms with Crippen molar-refractivity contribution < 1.29 is 4.74 Å². The fourth-order valence-electron chi connectivity index (χ4n) is 2.46. The van der Waals surface area contributed by atoms with E-state index < -0.39 is 0 Å². The fraction of sp³-hybridized carbons (Fsp3) is 0.333. The van der Waals surface area contributed by atoms with Gasteiger partial charge in [0.2, 0.25) is 0 Å². The summed E-state index contributed by atoms with van der Waals surface area (Å²) in [6.45, 7) is 2.73. The summed E-state index contributed by atoms with van der Waals surface area (Å²) >= 11 is 7.24. The third kappa shape index (κ3) is 4.94. The highest BCUT2D eigenvalue weighted by atomic mass is 32.2. The highest BCUT2D eigenvalue weighted by Gasteiger charge is 2.14. The average Bonchev–Trinajstić information content (AvgIpc) is 3.14. The van der Waals surface area contributed by atoms with Crippen LogP contribution in [-0.2, 0) is 12.4 Å². The highest BCUT2D eigenvalue weighted by molar-refractivity contribution is 8.22. The normalized spacial score (nSPS) is 14.0. The van der Waals surface area contributed by atoms with E-state index in [0.29, 0.717) is 6.61 Å². The second kappa shape index (κ2) is 8.31. The van der Waals surface area contributed by atoms with Gasteiger partial charge in [0.05, 0.1) is 5.69 Å². The fourth-order valence-corrected chi connectivity index (χ4v) is 3.67. The predicted molar refractivity (Wildman–Crippen MR) is 99.7 cm³/mol. The molecule has 120 valence electrons. The number of hydrogen-bond donors (Lipinski definition) is 0. The van der Waals surface area contributed by atoms with Crippen molar-refractivity contribution >= 4 is 28.3 Å². The highest BCUT2D eigenvalue weighted by Crippen LogP contribution is 2.22. The van der Waals surface area contributed by atoms with E-state index in [9.17, 15) is 0 Å². The van der Waals surface area contributed by atoms with Crippen LogP contribution in [0.5, 0.6) is 5.75 Å². The van der Waals surface area contributed by atoms with Gasteiger partial charge >= 0.3 is 0 Å². The summed E-state index contributed by atoms with van der Waals surface area (Å²) in [5, 5.41) is 0. The number of aromatic nitrogens is 1. The van der Waals surface area contributed by atoms with Crippen molar-refractivity contribution in [2.24, 2.45) is 0 Å². The quantitative estimate of drug-likeness (QED) is 0.754. The van der Waals surface area contributed by atoms with Crippen LogP contribution >= 0.6 is 24.0 Å². The van der Waals surface area contributed by atoms with Gasteiger partial charge < -0.3 is 9.64 Å². The zero-order chi connectivity index (χ0) is 15.9. The van der Waals surface area contributed by atoms with Gasteiger partial charge in [-0.1, -0.05) is 42.2 Å². The zero-order valence-electron chi connectivity index (χ0n) is 13.0. The molecule has 0 spiro atoms. The standard InChI is InChI=1S/C18H20N2OS2/c22-18(20-11-3-4-12-20)23-14-15-6-8-17(9-7-15)21-13-16-5-1-2-10-19-16/h1-2,5-10H,3-4,11-14H2. The molecule has 3 nitrogen and oxygen atoms in total. The topological polar surface area (TPSA) is 25.4 Å². The van der Waals surface area contributed by atoms with Crippen LogP contribution in [0.2, 0.25) is 0 Å². The molecule has 0 radical (unpaired) electrons. The molecule has 1 fully saturated rings. The minimum atomic E-state index is 0.494. The number of nitrogens with zero attached hydrogens (tertiary/aromatic N) is 2. The van der Waals surface area contributed by atoms with Crippen molar-refractivity contribution in [3.8, 4) is 5.75 Å². The van der Waals surface area contributed by atoms with Crippen LogP contribution in [0.25, 0.3) is 0 Å². The summed E-state index contributed by atoms with van der Waals surface area (Å²) in [5.74, 6) is 1.78. The van der Waals surface area contributed by atoms with Gasteiger partial charge in [-0.3, -0.25) is 4.98 Å². The van der Waals surface area contributed by atoms with Gasteiger partial charge in [0.25, 0.3) is 0 Å². The first-order valence-electron chi connectivity index (χ1n) is 7.84. The molecule has 2 heterocycles. The third-order valence-electron chi connectivity index (χ3n) is 3.76. The van der Waals surface area contributed by atoms with Crippen molar-refractivity contribution in [3.05, 3.63) is 59.9 Å². The number of thiocarbonyl (C=S) groups is 1. The molecule has 0 bridgehead atoms. The van der Waals surface area contributed by atoms with Gasteiger partial charge in [-0.25, -0.2) is 0 Å². The third-order valence-corrected chi connectivity index (χ3v) is 5.36. The largest absolute Gasteiger partial charge is 0.487 e. The van der Waals surface area contributed by atoms with Crippen LogP contribution in [-0.4, -0.2) is 27.3 Å². The SMILES string of the molecule is S=C(SCc1ccc(OCc2ccccn2)cc1)N1CCCC1. The van der Waals surface area contributed by atoms with Crippen LogP contribution in [0.15, 0.2) is 48.7 Å². The number of thioether (sulfide) groups is 1. The maximum atomic E-state index is 5.75. The zero-order valence-corrected chi connectivity index (χ0v) is 14.6. The van der Waals surface area contributed by atoms with Crippen molar-refractivity contribution in [2.75, 3.05) is 13.1 Å². The van der Waals surface area contributed by atoms with E-state index >= 15 is 0 Å². The summed E-state index contributed by atoms with van der Waals surface area (Å²) in [4.78, 5) is 6.56. The lowest BCUT2D eigenvalue weighted by Gasteiger charge is -2.17. The predicted octanol–water partition coefficient (Wildman–Crippen LogP) is 4.27. The first-order chi connectivity index (χ1) is 11.3. The molecule has 2 aromatic rings. The average molecular weight is 345 g/mol. The molecule has 1 aromatic carbocycles. The minimum Gasteiger partial charge on any atom is -0.487 e. The monoisotopic (exact) mass is 344 g/mol. The summed E-state index contributed by atoms with van der Waals surface area (Å²) in [5.41, 5.74) is 2.20. The molecule has 1 aromatic heterocycles. The second-order valence-electron chi connectivity index (χ2n) is 5.50. The van der Waals surface area contributed by atoms with Crippen molar-refractivity contribution in [1.82, 2.24) is 9.88 Å². The Balaban J connectivity index is 1.46. The Morgan fingerprint density at radius 1 is 1.13 bits per heavy atom. The first kappa shape index (κ1) is 16.3. The summed E-state index contributed by atoms with van der Waals surface area (Å²) in [7, 11) is 0. The molecule has 3 rings (SSSR count). The Bertz CT molecular complexity index is 625. The van der Waals surface area contributed by atoms with Crippen molar-refractivity contribution in [2.45, 2.75) is 25.2 Å². The van der Waals surface area contributed by atoms with E-state index in [1.807, 2.05) is 30.3 Å². The van der Waals surface area contributed by atoms with Gasteiger partial charge in [-0.05, 0) is 42.7 Å². The van der Waals surface area contributed by atoms with Crippen LogP contribution in [0.3, 0.4) is 0 Å². The molecular weight excluding hydrogens is 324 g/mol. The van der Waals surface area contributed by atoms with E-state index in [1.54, 1.807) is 18.0 Å². The molecular formula is C18H20N2OS2. The Morgan fingerprint density at radius 3 is 2.61 bits per heavy atom. The van der Waals surface area contributed by atoms with Crippen LogP contribution in [0.4, 0.5) is 0 Å². The number of rotatable bonds is 5. The Kier molecular flexibility index (Phi) is 5.88. The molecule has 1 saturated heterocycles. The van der Waals surface area contributed by atoms with Gasteiger partial charge in [-0.15, -0.1) is 0 Å². The Labute approximate surface area is 147 Å². The van der Waals surface area contributed by atoms with E-state index in [2.05, 4.69) is 22.0 Å². The Morgan fingerprint density at radius 2 is 1.91 bits per heavy atom. The lowest BCUT2D eigenvalue weighted by molar-refractivity contribution is 0.301. The van der Waals surface area contributed by atoms with E-state index in [0.717, 1.165) is 34.6 Å². The van der Waals surface area contributed by atoms with Crippen LogP contribution in [0, 0.1) is 0 Å². The molecule has 0 aliphatic carbocycles. The van der Waals surface area contributed by atoms with Gasteiger partial charge in [0, 0.05) is 25.0 Å². The Hall–Kier alpha value is -1.59. The van der Waals surface area contributed by atoms with Gasteiger partial charge in [0.15, 0.2) is 0 Å². The van der Waals surface area contributed by atoms with Gasteiger partial charge in [0.1, 0.15) is 16.7 Å². The molecule has 1 aliphatic heterocycles. The van der Waals surface area contributed by atoms with Gasteiger partial charge in [-0.2, -0.15) is 0 Å². The summed E-state index contributed by atoms with van der Waals surface area (Å²) in [6.07, 6.45) is 4.31. The van der Waals surface area contributed by atoms with Crippen molar-refractivity contribution in [1.29, 1.82) is 0 Å². The summed E-state index contributed by atoms with van der Waals surface area (Å²) in [6, 6.07) is 14.1. The molecule has 0 amide bonds. The van der Waals surface area contributed by atoms with Crippen LogP contribution in [0.1, 0.15) is 24.1 Å². The number of likely N-dealkylation sites (tertiary alicyclic amines) is 1. The lowest BCUT2D eigenvalue weighted by atomic mass is 10.2. The molecule has 0 unspecified atom stereocenters. The smallest absolute Gasteiger partial charge is 0.136 e. The first-order valence-corrected chi connectivity index (χ1v) is 9.24. The van der Waals surface area contributed by atoms with Crippen molar-refractivity contribution in [3.63, 3.8) is 0 Å². The van der Waals surface area contributed by atoms with Crippen LogP contribution < -0.4 is 4.74 Å². The molecule has 0 N–H and O–H groups in total. The molecule has 0 saturated carbocycles. The number of benzene rings is 1. The lowest BCUT2D eigenvalue weighted by Crippen LogP contribution is -2.23. The van der Waals surface area contributed by atoms with E-state index in [4.69, 9.17) is 17.0 Å². The minimum absolute atomic E-state index is 0.494. The number of hydrogen-bond acceptors (Lipinski definition) is 4. The number of pyridine rings is 1. The van der Waals surface area contributed by atoms with E-state index in [1.165, 1.54) is 18.4 Å². The molecule has 23 heavy (non-hydrogen) atoms. The maximum Gasteiger partial charge on any atom is 0.136 e. The van der Waals surface area contributed by atoms with E-state index in [-0.39, 0.29) is 0 Å². The molecule has 0 atom stereocenters. The second-order valence-corrected chi connectivity index (χ2v) is 7.11.